The SMILES string of the molecule is O=C(NCC1CCNCC1)c1ccc(-c2ncnc3ccsc23)cc1. The Morgan fingerprint density at radius 1 is 1.16 bits per heavy atom. The minimum absolute atomic E-state index is 0.00552. The molecule has 0 aliphatic carbocycles. The molecule has 0 saturated carbocycles. The van der Waals surface area contributed by atoms with Gasteiger partial charge in [0.05, 0.1) is 15.9 Å². The summed E-state index contributed by atoms with van der Waals surface area (Å²) < 4.78 is 1.07. The van der Waals surface area contributed by atoms with Gasteiger partial charge in [0, 0.05) is 17.7 Å². The summed E-state index contributed by atoms with van der Waals surface area (Å²) in [5.41, 5.74) is 3.57. The molecule has 128 valence electrons. The summed E-state index contributed by atoms with van der Waals surface area (Å²) >= 11 is 1.63. The zero-order chi connectivity index (χ0) is 17.1. The maximum atomic E-state index is 12.4. The molecule has 0 spiro atoms. The second-order valence-corrected chi connectivity index (χ2v) is 7.25. The van der Waals surface area contributed by atoms with Crippen molar-refractivity contribution in [2.45, 2.75) is 12.8 Å². The van der Waals surface area contributed by atoms with E-state index < -0.39 is 0 Å². The van der Waals surface area contributed by atoms with Crippen LogP contribution in [-0.2, 0) is 0 Å². The first kappa shape index (κ1) is 16.2. The average molecular weight is 352 g/mol. The van der Waals surface area contributed by atoms with Gasteiger partial charge in [-0.2, -0.15) is 0 Å². The number of hydrogen-bond donors (Lipinski definition) is 2. The van der Waals surface area contributed by atoms with Gasteiger partial charge in [0.2, 0.25) is 0 Å². The molecule has 25 heavy (non-hydrogen) atoms. The molecule has 0 radical (unpaired) electrons. The highest BCUT2D eigenvalue weighted by Crippen LogP contribution is 2.29. The van der Waals surface area contributed by atoms with Crippen molar-refractivity contribution in [3.8, 4) is 11.3 Å². The summed E-state index contributed by atoms with van der Waals surface area (Å²) in [4.78, 5) is 21.0. The lowest BCUT2D eigenvalue weighted by atomic mass is 9.98. The fourth-order valence-corrected chi connectivity index (χ4v) is 4.06. The summed E-state index contributed by atoms with van der Waals surface area (Å²) in [6.45, 7) is 2.85. The average Bonchev–Trinajstić information content (AvgIpc) is 3.16. The minimum Gasteiger partial charge on any atom is -0.352 e. The number of piperidine rings is 1. The molecule has 1 aliphatic rings. The number of rotatable bonds is 4. The Morgan fingerprint density at radius 3 is 2.76 bits per heavy atom. The molecule has 1 aliphatic heterocycles. The van der Waals surface area contributed by atoms with Gasteiger partial charge in [-0.05, 0) is 55.4 Å². The number of thiophene rings is 1. The third-order valence-electron chi connectivity index (χ3n) is 4.67. The van der Waals surface area contributed by atoms with Crippen molar-refractivity contribution in [2.24, 2.45) is 5.92 Å². The fourth-order valence-electron chi connectivity index (χ4n) is 3.20. The number of aromatic nitrogens is 2. The van der Waals surface area contributed by atoms with Gasteiger partial charge < -0.3 is 10.6 Å². The molecule has 2 aromatic heterocycles. The number of hydrogen-bond acceptors (Lipinski definition) is 5. The second kappa shape index (κ2) is 7.29. The maximum Gasteiger partial charge on any atom is 0.251 e. The summed E-state index contributed by atoms with van der Waals surface area (Å²) in [6.07, 6.45) is 3.84. The van der Waals surface area contributed by atoms with Crippen LogP contribution in [-0.4, -0.2) is 35.5 Å². The summed E-state index contributed by atoms with van der Waals surface area (Å²) in [7, 11) is 0. The summed E-state index contributed by atoms with van der Waals surface area (Å²) in [5, 5.41) is 8.43. The number of amides is 1. The number of nitrogens with one attached hydrogen (secondary N) is 2. The van der Waals surface area contributed by atoms with E-state index in [4.69, 9.17) is 0 Å². The van der Waals surface area contributed by atoms with E-state index >= 15 is 0 Å². The van der Waals surface area contributed by atoms with Gasteiger partial charge in [0.15, 0.2) is 0 Å². The van der Waals surface area contributed by atoms with Crippen molar-refractivity contribution in [3.05, 3.63) is 47.6 Å². The molecule has 5 nitrogen and oxygen atoms in total. The number of carbonyl (C=O) groups is 1. The van der Waals surface area contributed by atoms with Crippen LogP contribution < -0.4 is 10.6 Å². The van der Waals surface area contributed by atoms with Crippen molar-refractivity contribution in [3.63, 3.8) is 0 Å². The van der Waals surface area contributed by atoms with Crippen LogP contribution in [0.2, 0.25) is 0 Å². The van der Waals surface area contributed by atoms with Crippen molar-refractivity contribution in [2.75, 3.05) is 19.6 Å². The lowest BCUT2D eigenvalue weighted by molar-refractivity contribution is 0.0944. The van der Waals surface area contributed by atoms with E-state index in [0.717, 1.165) is 53.9 Å². The standard InChI is InChI=1S/C19H20N4OS/c24-19(21-11-13-5-8-20-9-6-13)15-3-1-14(2-4-15)17-18-16(7-10-25-18)22-12-23-17/h1-4,7,10,12-13,20H,5-6,8-9,11H2,(H,21,24). The maximum absolute atomic E-state index is 12.4. The van der Waals surface area contributed by atoms with Crippen LogP contribution in [0.1, 0.15) is 23.2 Å². The molecule has 3 heterocycles. The lowest BCUT2D eigenvalue weighted by Gasteiger charge is -2.22. The van der Waals surface area contributed by atoms with Gasteiger partial charge in [-0.3, -0.25) is 4.79 Å². The van der Waals surface area contributed by atoms with E-state index in [2.05, 4.69) is 20.6 Å². The van der Waals surface area contributed by atoms with E-state index in [9.17, 15) is 4.79 Å². The predicted octanol–water partition coefficient (Wildman–Crippen LogP) is 3.09. The van der Waals surface area contributed by atoms with Crippen LogP contribution in [0.5, 0.6) is 0 Å². The Hall–Kier alpha value is -2.31. The highest BCUT2D eigenvalue weighted by Gasteiger charge is 2.15. The number of benzene rings is 1. The molecular weight excluding hydrogens is 332 g/mol. The Bertz CT molecular complexity index is 869. The van der Waals surface area contributed by atoms with Gasteiger partial charge in [0.1, 0.15) is 6.33 Å². The first-order valence-electron chi connectivity index (χ1n) is 8.59. The molecule has 0 unspecified atom stereocenters. The Morgan fingerprint density at radius 2 is 1.96 bits per heavy atom. The van der Waals surface area contributed by atoms with E-state index in [1.807, 2.05) is 35.7 Å². The second-order valence-electron chi connectivity index (χ2n) is 6.34. The van der Waals surface area contributed by atoms with Crippen molar-refractivity contribution in [1.82, 2.24) is 20.6 Å². The number of carbonyl (C=O) groups excluding carboxylic acids is 1. The van der Waals surface area contributed by atoms with Crippen LogP contribution in [0.25, 0.3) is 21.5 Å². The Labute approximate surface area is 150 Å². The quantitative estimate of drug-likeness (QED) is 0.757. The molecule has 4 rings (SSSR count). The van der Waals surface area contributed by atoms with Crippen LogP contribution >= 0.6 is 11.3 Å². The molecule has 3 aromatic rings. The van der Waals surface area contributed by atoms with Crippen molar-refractivity contribution >= 4 is 27.5 Å². The molecule has 1 aromatic carbocycles. The Kier molecular flexibility index (Phi) is 4.72. The Balaban J connectivity index is 1.46. The fraction of sp³-hybridized carbons (Fsp3) is 0.316. The van der Waals surface area contributed by atoms with Crippen LogP contribution in [0.4, 0.5) is 0 Å². The normalized spacial score (nSPS) is 15.4. The highest BCUT2D eigenvalue weighted by molar-refractivity contribution is 7.17. The van der Waals surface area contributed by atoms with Gasteiger partial charge in [-0.25, -0.2) is 9.97 Å². The molecule has 1 fully saturated rings. The van der Waals surface area contributed by atoms with Gasteiger partial charge in [-0.1, -0.05) is 12.1 Å². The third kappa shape index (κ3) is 3.55. The van der Waals surface area contributed by atoms with E-state index in [1.165, 1.54) is 0 Å². The minimum atomic E-state index is -0.00552. The highest BCUT2D eigenvalue weighted by atomic mass is 32.1. The van der Waals surface area contributed by atoms with Crippen LogP contribution in [0, 0.1) is 5.92 Å². The smallest absolute Gasteiger partial charge is 0.251 e. The molecule has 2 N–H and O–H groups in total. The van der Waals surface area contributed by atoms with Crippen LogP contribution in [0.15, 0.2) is 42.0 Å². The first-order valence-corrected chi connectivity index (χ1v) is 9.47. The summed E-state index contributed by atoms with van der Waals surface area (Å²) in [5.74, 6) is 0.576. The van der Waals surface area contributed by atoms with Gasteiger partial charge in [0.25, 0.3) is 5.91 Å². The predicted molar refractivity (Wildman–Crippen MR) is 101 cm³/mol. The van der Waals surface area contributed by atoms with Gasteiger partial charge in [-0.15, -0.1) is 11.3 Å². The molecular formula is C19H20N4OS. The third-order valence-corrected chi connectivity index (χ3v) is 5.58. The number of fused-ring (bicyclic) bond motifs is 1. The van der Waals surface area contributed by atoms with Crippen molar-refractivity contribution in [1.29, 1.82) is 0 Å². The van der Waals surface area contributed by atoms with E-state index in [0.29, 0.717) is 11.5 Å². The first-order chi connectivity index (χ1) is 12.3. The number of nitrogens with zero attached hydrogens (tertiary/aromatic N) is 2. The molecule has 0 bridgehead atoms. The van der Waals surface area contributed by atoms with E-state index in [-0.39, 0.29) is 5.91 Å². The topological polar surface area (TPSA) is 66.9 Å². The zero-order valence-corrected chi connectivity index (χ0v) is 14.7. The largest absolute Gasteiger partial charge is 0.352 e. The zero-order valence-electron chi connectivity index (χ0n) is 13.9. The monoisotopic (exact) mass is 352 g/mol. The molecule has 0 atom stereocenters. The molecule has 6 heteroatoms. The van der Waals surface area contributed by atoms with Crippen LogP contribution in [0.3, 0.4) is 0 Å². The van der Waals surface area contributed by atoms with E-state index in [1.54, 1.807) is 17.7 Å². The lowest BCUT2D eigenvalue weighted by Crippen LogP contribution is -2.35. The summed E-state index contributed by atoms with van der Waals surface area (Å²) in [6, 6.07) is 9.65. The van der Waals surface area contributed by atoms with Gasteiger partial charge >= 0.3 is 0 Å². The molecule has 1 amide bonds. The van der Waals surface area contributed by atoms with Crippen molar-refractivity contribution < 1.29 is 4.79 Å². The molecule has 1 saturated heterocycles.